The van der Waals surface area contributed by atoms with E-state index in [0.29, 0.717) is 5.56 Å². The number of hydrogen-bond acceptors (Lipinski definition) is 4. The number of methoxy groups -OCH3 is 1. The van der Waals surface area contributed by atoms with Gasteiger partial charge in [-0.2, -0.15) is 0 Å². The first-order valence-corrected chi connectivity index (χ1v) is 6.36. The van der Waals surface area contributed by atoms with Crippen molar-refractivity contribution in [1.29, 1.82) is 0 Å². The van der Waals surface area contributed by atoms with Crippen molar-refractivity contribution in [2.45, 2.75) is 18.6 Å². The van der Waals surface area contributed by atoms with E-state index in [9.17, 15) is 14.7 Å². The number of nitrogens with one attached hydrogen (secondary N) is 1. The molecule has 0 saturated heterocycles. The Morgan fingerprint density at radius 2 is 2.10 bits per heavy atom. The average Bonchev–Trinajstić information content (AvgIpc) is 2.43. The molecule has 1 unspecified atom stereocenters. The Labute approximate surface area is 121 Å². The molecule has 2 atom stereocenters. The molecule has 0 radical (unpaired) electrons. The highest BCUT2D eigenvalue weighted by molar-refractivity contribution is 6.31. The summed E-state index contributed by atoms with van der Waals surface area (Å²) in [5.74, 6) is -1.65. The third-order valence-electron chi connectivity index (χ3n) is 2.78. The molecular formula is C13H17ClN2O4. The maximum absolute atomic E-state index is 11.8. The van der Waals surface area contributed by atoms with Crippen LogP contribution >= 0.6 is 11.6 Å². The number of nitrogens with two attached hydrogens (primary N) is 1. The summed E-state index contributed by atoms with van der Waals surface area (Å²) in [6.45, 7) is 0.174. The summed E-state index contributed by atoms with van der Waals surface area (Å²) in [5.41, 5.74) is 5.75. The van der Waals surface area contributed by atoms with Gasteiger partial charge in [0.05, 0.1) is 12.5 Å². The smallest absolute Gasteiger partial charge is 0.330 e. The van der Waals surface area contributed by atoms with Gasteiger partial charge in [0.1, 0.15) is 0 Å². The number of benzene rings is 1. The highest BCUT2D eigenvalue weighted by Crippen LogP contribution is 2.23. The quantitative estimate of drug-likeness (QED) is 0.696. The SMILES string of the molecule is COC(CN)CC(=O)N[C@@H](C(=O)O)c1ccccc1Cl. The maximum Gasteiger partial charge on any atom is 0.330 e. The van der Waals surface area contributed by atoms with Gasteiger partial charge >= 0.3 is 5.97 Å². The summed E-state index contributed by atoms with van der Waals surface area (Å²) >= 11 is 5.95. The minimum atomic E-state index is -1.20. The molecule has 0 aliphatic carbocycles. The zero-order valence-electron chi connectivity index (χ0n) is 11.0. The molecule has 1 aromatic rings. The van der Waals surface area contributed by atoms with Gasteiger partial charge in [-0.3, -0.25) is 4.79 Å². The van der Waals surface area contributed by atoms with Crippen molar-refractivity contribution in [3.05, 3.63) is 34.9 Å². The zero-order valence-corrected chi connectivity index (χ0v) is 11.8. The van der Waals surface area contributed by atoms with Crippen LogP contribution in [-0.2, 0) is 14.3 Å². The molecule has 0 aliphatic heterocycles. The molecule has 0 bridgehead atoms. The van der Waals surface area contributed by atoms with Gasteiger partial charge in [0.25, 0.3) is 0 Å². The molecule has 6 nitrogen and oxygen atoms in total. The van der Waals surface area contributed by atoms with Crippen molar-refractivity contribution in [3.8, 4) is 0 Å². The van der Waals surface area contributed by atoms with Gasteiger partial charge in [0.2, 0.25) is 5.91 Å². The van der Waals surface area contributed by atoms with E-state index in [1.54, 1.807) is 24.3 Å². The Morgan fingerprint density at radius 3 is 2.60 bits per heavy atom. The summed E-state index contributed by atoms with van der Waals surface area (Å²) < 4.78 is 4.98. The summed E-state index contributed by atoms with van der Waals surface area (Å²) in [6.07, 6.45) is -0.461. The Balaban J connectivity index is 2.81. The van der Waals surface area contributed by atoms with E-state index in [4.69, 9.17) is 22.1 Å². The molecule has 0 aliphatic rings. The maximum atomic E-state index is 11.8. The van der Waals surface area contributed by atoms with E-state index in [1.165, 1.54) is 7.11 Å². The first kappa shape index (κ1) is 16.4. The molecular weight excluding hydrogens is 284 g/mol. The number of carbonyl (C=O) groups excluding carboxylic acids is 1. The summed E-state index contributed by atoms with van der Waals surface area (Å²) in [7, 11) is 1.44. The van der Waals surface area contributed by atoms with Gasteiger partial charge in [-0.15, -0.1) is 0 Å². The number of carboxylic acids is 1. The van der Waals surface area contributed by atoms with Gasteiger partial charge in [-0.05, 0) is 6.07 Å². The largest absolute Gasteiger partial charge is 0.479 e. The molecule has 0 fully saturated rings. The van der Waals surface area contributed by atoms with Crippen LogP contribution < -0.4 is 11.1 Å². The summed E-state index contributed by atoms with van der Waals surface area (Å²) in [6, 6.07) is 5.25. The van der Waals surface area contributed by atoms with Crippen LogP contribution in [0.25, 0.3) is 0 Å². The topological polar surface area (TPSA) is 102 Å². The van der Waals surface area contributed by atoms with Crippen molar-refractivity contribution in [3.63, 3.8) is 0 Å². The van der Waals surface area contributed by atoms with Crippen LogP contribution in [0.5, 0.6) is 0 Å². The van der Waals surface area contributed by atoms with Crippen molar-refractivity contribution in [2.24, 2.45) is 5.73 Å². The second-order valence-corrected chi connectivity index (χ2v) is 4.57. The van der Waals surface area contributed by atoms with Crippen LogP contribution in [0.1, 0.15) is 18.0 Å². The second kappa shape index (κ2) is 7.84. The predicted octanol–water partition coefficient (Wildman–Crippen LogP) is 0.946. The molecule has 20 heavy (non-hydrogen) atoms. The molecule has 1 rings (SSSR count). The number of carbonyl (C=O) groups is 2. The number of rotatable bonds is 7. The van der Waals surface area contributed by atoms with Gasteiger partial charge in [-0.1, -0.05) is 29.8 Å². The fourth-order valence-corrected chi connectivity index (χ4v) is 1.92. The highest BCUT2D eigenvalue weighted by atomic mass is 35.5. The number of aliphatic carboxylic acids is 1. The molecule has 0 saturated carbocycles. The third-order valence-corrected chi connectivity index (χ3v) is 3.12. The number of ether oxygens (including phenoxy) is 1. The lowest BCUT2D eigenvalue weighted by atomic mass is 10.1. The summed E-state index contributed by atoms with van der Waals surface area (Å²) in [4.78, 5) is 23.1. The lowest BCUT2D eigenvalue weighted by molar-refractivity contribution is -0.142. The molecule has 0 heterocycles. The molecule has 1 aromatic carbocycles. The molecule has 7 heteroatoms. The van der Waals surface area contributed by atoms with Gasteiger partial charge in [0.15, 0.2) is 6.04 Å². The van der Waals surface area contributed by atoms with E-state index >= 15 is 0 Å². The fourth-order valence-electron chi connectivity index (χ4n) is 1.67. The zero-order chi connectivity index (χ0) is 15.1. The van der Waals surface area contributed by atoms with E-state index < -0.39 is 24.0 Å². The van der Waals surface area contributed by atoms with Gasteiger partial charge in [-0.25, -0.2) is 4.79 Å². The number of hydrogen-bond donors (Lipinski definition) is 3. The molecule has 0 aromatic heterocycles. The van der Waals surface area contributed by atoms with Crippen molar-refractivity contribution in [1.82, 2.24) is 5.32 Å². The fraction of sp³-hybridized carbons (Fsp3) is 0.385. The minimum Gasteiger partial charge on any atom is -0.479 e. The van der Waals surface area contributed by atoms with E-state index in [-0.39, 0.29) is 18.0 Å². The van der Waals surface area contributed by atoms with Gasteiger partial charge < -0.3 is 20.9 Å². The molecule has 0 spiro atoms. The first-order valence-electron chi connectivity index (χ1n) is 5.99. The third kappa shape index (κ3) is 4.48. The minimum absolute atomic E-state index is 0.0127. The number of halogens is 1. The van der Waals surface area contributed by atoms with Crippen molar-refractivity contribution < 1.29 is 19.4 Å². The van der Waals surface area contributed by atoms with Crippen LogP contribution in [0.2, 0.25) is 5.02 Å². The van der Waals surface area contributed by atoms with E-state index in [2.05, 4.69) is 5.32 Å². The van der Waals surface area contributed by atoms with Crippen LogP contribution in [0, 0.1) is 0 Å². The number of amides is 1. The Hall–Kier alpha value is -1.63. The first-order chi connectivity index (χ1) is 9.49. The molecule has 1 amide bonds. The van der Waals surface area contributed by atoms with E-state index in [1.807, 2.05) is 0 Å². The van der Waals surface area contributed by atoms with Crippen LogP contribution in [0.3, 0.4) is 0 Å². The molecule has 4 N–H and O–H groups in total. The standard InChI is InChI=1S/C13H17ClN2O4/c1-20-8(7-15)6-11(17)16-12(13(18)19)9-4-2-3-5-10(9)14/h2-5,8,12H,6-7,15H2,1H3,(H,16,17)(H,18,19)/t8?,12-/m1/s1. The normalized spacial score (nSPS) is 13.6. The van der Waals surface area contributed by atoms with E-state index in [0.717, 1.165) is 0 Å². The van der Waals surface area contributed by atoms with Gasteiger partial charge in [0, 0.05) is 24.2 Å². The number of carboxylic acid groups (broad SMARTS) is 1. The van der Waals surface area contributed by atoms with Crippen LogP contribution in [0.15, 0.2) is 24.3 Å². The Bertz CT molecular complexity index is 477. The lowest BCUT2D eigenvalue weighted by Gasteiger charge is -2.18. The van der Waals surface area contributed by atoms with Crippen LogP contribution in [0.4, 0.5) is 0 Å². The molecule has 110 valence electrons. The monoisotopic (exact) mass is 300 g/mol. The van der Waals surface area contributed by atoms with Crippen molar-refractivity contribution in [2.75, 3.05) is 13.7 Å². The second-order valence-electron chi connectivity index (χ2n) is 4.16. The average molecular weight is 301 g/mol. The predicted molar refractivity (Wildman–Crippen MR) is 74.4 cm³/mol. The van der Waals surface area contributed by atoms with Crippen LogP contribution in [-0.4, -0.2) is 36.7 Å². The Kier molecular flexibility index (Phi) is 6.44. The Morgan fingerprint density at radius 1 is 1.45 bits per heavy atom. The highest BCUT2D eigenvalue weighted by Gasteiger charge is 2.25. The van der Waals surface area contributed by atoms with Crippen molar-refractivity contribution >= 4 is 23.5 Å². The lowest BCUT2D eigenvalue weighted by Crippen LogP contribution is -2.37. The summed E-state index contributed by atoms with van der Waals surface area (Å²) in [5, 5.41) is 11.9.